The Bertz CT molecular complexity index is 760. The minimum atomic E-state index is -1.21. The molecule has 2 aromatic rings. The van der Waals surface area contributed by atoms with Crippen LogP contribution in [-0.2, 0) is 11.2 Å². The maximum absolute atomic E-state index is 11.5. The Balaban J connectivity index is 2.92. The fraction of sp³-hybridized carbons (Fsp3) is 0.111. The number of aliphatic carboxylic acids is 1. The number of aromatic amines is 2. The summed E-state index contributed by atoms with van der Waals surface area (Å²) in [6, 6.07) is 0.907. The molecule has 88 valence electrons. The zero-order chi connectivity index (χ0) is 12.6. The summed E-state index contributed by atoms with van der Waals surface area (Å²) in [7, 11) is 0. The largest absolute Gasteiger partial charge is 0.481 e. The lowest BCUT2D eigenvalue weighted by Crippen LogP contribution is -2.24. The highest BCUT2D eigenvalue weighted by molar-refractivity contribution is 5.81. The van der Waals surface area contributed by atoms with E-state index in [4.69, 9.17) is 5.11 Å². The van der Waals surface area contributed by atoms with Gasteiger partial charge in [0.2, 0.25) is 5.71 Å². The van der Waals surface area contributed by atoms with Gasteiger partial charge in [0.25, 0.3) is 5.56 Å². The maximum Gasteiger partial charge on any atom is 0.337 e. The van der Waals surface area contributed by atoms with Gasteiger partial charge in [0.05, 0.1) is 6.42 Å². The topological polar surface area (TPSA) is 133 Å². The first kappa shape index (κ1) is 10.9. The minimum Gasteiger partial charge on any atom is -0.481 e. The summed E-state index contributed by atoms with van der Waals surface area (Å²) in [6.07, 6.45) is -0.517. The summed E-state index contributed by atoms with van der Waals surface area (Å²) < 4.78 is 4.62. The molecule has 0 fully saturated rings. The summed E-state index contributed by atoms with van der Waals surface area (Å²) in [6.45, 7) is 0. The number of carbonyl (C=O) groups is 1. The number of H-pyrrole nitrogens is 2. The van der Waals surface area contributed by atoms with E-state index in [2.05, 4.69) is 9.40 Å². The highest BCUT2D eigenvalue weighted by Crippen LogP contribution is 2.09. The van der Waals surface area contributed by atoms with E-state index in [1.807, 2.05) is 4.98 Å². The third-order valence-electron chi connectivity index (χ3n) is 2.07. The number of nitrogens with one attached hydrogen (secondary N) is 2. The third kappa shape index (κ3) is 2.00. The van der Waals surface area contributed by atoms with E-state index in [1.165, 1.54) is 0 Å². The van der Waals surface area contributed by atoms with E-state index < -0.39 is 29.3 Å². The van der Waals surface area contributed by atoms with Crippen LogP contribution in [0.2, 0.25) is 0 Å². The van der Waals surface area contributed by atoms with Gasteiger partial charge >= 0.3 is 17.3 Å². The first-order valence-electron chi connectivity index (χ1n) is 4.48. The van der Waals surface area contributed by atoms with Gasteiger partial charge in [-0.3, -0.25) is 19.6 Å². The molecule has 0 aromatic carbocycles. The second-order valence-electron chi connectivity index (χ2n) is 3.27. The van der Waals surface area contributed by atoms with Crippen molar-refractivity contribution in [3.05, 3.63) is 42.9 Å². The Morgan fingerprint density at radius 1 is 1.29 bits per heavy atom. The first-order valence-corrected chi connectivity index (χ1v) is 4.48. The molecule has 17 heavy (non-hydrogen) atoms. The normalized spacial score (nSPS) is 10.6. The molecule has 0 spiro atoms. The number of hydrogen-bond donors (Lipinski definition) is 3. The van der Waals surface area contributed by atoms with Crippen molar-refractivity contribution in [1.29, 1.82) is 0 Å². The molecule has 0 amide bonds. The molecule has 2 heterocycles. The molecule has 0 unspecified atom stereocenters. The fourth-order valence-electron chi connectivity index (χ4n) is 1.48. The minimum absolute atomic E-state index is 0.0127. The number of rotatable bonds is 2. The average molecular weight is 238 g/mol. The van der Waals surface area contributed by atoms with Crippen LogP contribution in [-0.4, -0.2) is 21.0 Å². The van der Waals surface area contributed by atoms with Crippen LogP contribution in [0.1, 0.15) is 5.56 Å². The molecule has 8 heteroatoms. The van der Waals surface area contributed by atoms with E-state index in [9.17, 15) is 19.2 Å². The average Bonchev–Trinajstić information content (AvgIpc) is 2.13. The van der Waals surface area contributed by atoms with Gasteiger partial charge in [0, 0.05) is 6.07 Å². The fourth-order valence-corrected chi connectivity index (χ4v) is 1.48. The molecule has 0 saturated heterocycles. The van der Waals surface area contributed by atoms with Gasteiger partial charge in [0.15, 0.2) is 0 Å². The van der Waals surface area contributed by atoms with E-state index in [0.717, 1.165) is 6.07 Å². The lowest BCUT2D eigenvalue weighted by molar-refractivity contribution is -0.136. The standard InChI is InChI=1S/C9H6N2O6/c12-4(13)1-3-2-5(14)17-8-6(3)7(15)10-9(16)11-8/h2H,1H2,(H,12,13)(H2,10,11,15,16). The molecule has 2 rings (SSSR count). The molecule has 2 aromatic heterocycles. The SMILES string of the molecule is O=C(O)Cc1cc(=O)oc2[nH]c(=O)[nH]c(=O)c12. The van der Waals surface area contributed by atoms with Gasteiger partial charge in [-0.15, -0.1) is 0 Å². The molecule has 3 N–H and O–H groups in total. The molecule has 8 nitrogen and oxygen atoms in total. The van der Waals surface area contributed by atoms with E-state index >= 15 is 0 Å². The number of hydrogen-bond acceptors (Lipinski definition) is 5. The Labute approximate surface area is 91.5 Å². The van der Waals surface area contributed by atoms with Gasteiger partial charge in [-0.1, -0.05) is 0 Å². The highest BCUT2D eigenvalue weighted by atomic mass is 16.4. The van der Waals surface area contributed by atoms with Gasteiger partial charge in [-0.2, -0.15) is 0 Å². The highest BCUT2D eigenvalue weighted by Gasteiger charge is 2.13. The van der Waals surface area contributed by atoms with Crippen molar-refractivity contribution in [1.82, 2.24) is 9.97 Å². The smallest absolute Gasteiger partial charge is 0.337 e. The predicted molar refractivity (Wildman–Crippen MR) is 55.1 cm³/mol. The Kier molecular flexibility index (Phi) is 2.39. The molecular weight excluding hydrogens is 232 g/mol. The maximum atomic E-state index is 11.5. The van der Waals surface area contributed by atoms with Crippen molar-refractivity contribution in [2.45, 2.75) is 6.42 Å². The molecule has 0 saturated carbocycles. The number of fused-ring (bicyclic) bond motifs is 1. The van der Waals surface area contributed by atoms with Crippen LogP contribution < -0.4 is 16.9 Å². The van der Waals surface area contributed by atoms with Crippen LogP contribution in [0, 0.1) is 0 Å². The molecule has 0 radical (unpaired) electrons. The number of aromatic nitrogens is 2. The molecule has 0 aliphatic carbocycles. The second kappa shape index (κ2) is 3.74. The monoisotopic (exact) mass is 238 g/mol. The van der Waals surface area contributed by atoms with Crippen LogP contribution in [0.25, 0.3) is 11.1 Å². The summed E-state index contributed by atoms with van der Waals surface area (Å²) >= 11 is 0. The zero-order valence-electron chi connectivity index (χ0n) is 8.27. The van der Waals surface area contributed by atoms with Crippen LogP contribution in [0.4, 0.5) is 0 Å². The summed E-state index contributed by atoms with van der Waals surface area (Å²) in [5.74, 6) is -1.21. The third-order valence-corrected chi connectivity index (χ3v) is 2.07. The van der Waals surface area contributed by atoms with Crippen molar-refractivity contribution < 1.29 is 14.3 Å². The van der Waals surface area contributed by atoms with E-state index in [-0.39, 0.29) is 16.7 Å². The van der Waals surface area contributed by atoms with Crippen molar-refractivity contribution in [3.8, 4) is 0 Å². The predicted octanol–water partition coefficient (Wildman–Crippen LogP) is -1.20. The number of carboxylic acid groups (broad SMARTS) is 1. The van der Waals surface area contributed by atoms with Crippen molar-refractivity contribution in [3.63, 3.8) is 0 Å². The molecule has 0 bridgehead atoms. The Hall–Kier alpha value is -2.64. The first-order chi connectivity index (χ1) is 7.97. The van der Waals surface area contributed by atoms with E-state index in [0.29, 0.717) is 0 Å². The summed E-state index contributed by atoms with van der Waals surface area (Å²) in [5.41, 5.74) is -2.82. The molecule has 0 aliphatic heterocycles. The Morgan fingerprint density at radius 2 is 2.00 bits per heavy atom. The van der Waals surface area contributed by atoms with Crippen molar-refractivity contribution in [2.75, 3.05) is 0 Å². The van der Waals surface area contributed by atoms with Gasteiger partial charge in [-0.25, -0.2) is 9.59 Å². The van der Waals surface area contributed by atoms with Crippen LogP contribution in [0.3, 0.4) is 0 Å². The van der Waals surface area contributed by atoms with Gasteiger partial charge in [0.1, 0.15) is 5.39 Å². The van der Waals surface area contributed by atoms with E-state index in [1.54, 1.807) is 0 Å². The van der Waals surface area contributed by atoms with Crippen molar-refractivity contribution >= 4 is 17.1 Å². The Morgan fingerprint density at radius 3 is 2.65 bits per heavy atom. The number of carboxylic acids is 1. The summed E-state index contributed by atoms with van der Waals surface area (Å²) in [4.78, 5) is 48.2. The van der Waals surface area contributed by atoms with Gasteiger partial charge < -0.3 is 9.52 Å². The summed E-state index contributed by atoms with van der Waals surface area (Å²) in [5, 5.41) is 8.50. The lowest BCUT2D eigenvalue weighted by atomic mass is 10.1. The van der Waals surface area contributed by atoms with Crippen molar-refractivity contribution in [2.24, 2.45) is 0 Å². The lowest BCUT2D eigenvalue weighted by Gasteiger charge is -2.00. The van der Waals surface area contributed by atoms with Gasteiger partial charge in [-0.05, 0) is 5.56 Å². The molecule has 0 atom stereocenters. The zero-order valence-corrected chi connectivity index (χ0v) is 8.27. The molecular formula is C9H6N2O6. The molecule has 0 aliphatic rings. The quantitative estimate of drug-likeness (QED) is 0.601. The van der Waals surface area contributed by atoms with Crippen LogP contribution in [0.5, 0.6) is 0 Å². The van der Waals surface area contributed by atoms with Crippen LogP contribution in [0.15, 0.2) is 24.9 Å². The second-order valence-corrected chi connectivity index (χ2v) is 3.27. The van der Waals surface area contributed by atoms with Crippen LogP contribution >= 0.6 is 0 Å².